The molecule has 0 fully saturated rings. The molecule has 4 rings (SSSR count). The number of aromatic nitrogens is 1. The first kappa shape index (κ1) is 16.9. The first-order chi connectivity index (χ1) is 13.4. The predicted octanol–water partition coefficient (Wildman–Crippen LogP) is 6.07. The summed E-state index contributed by atoms with van der Waals surface area (Å²) in [5.74, 6) is 0.826. The standard InChI is InChI=1S/C24H20N2O/c1-3-8-19(9-4-1)18-27-24-15-21(20-10-5-2-6-11-20)14-23(16-24)26-22-12-7-13-25-17-22/h1-17,26H,18H2. The number of hydrogen-bond donors (Lipinski definition) is 1. The van der Waals surface area contributed by atoms with Gasteiger partial charge in [-0.05, 0) is 41.0 Å². The van der Waals surface area contributed by atoms with Gasteiger partial charge in [-0.1, -0.05) is 60.7 Å². The molecule has 0 aliphatic rings. The third kappa shape index (κ3) is 4.53. The van der Waals surface area contributed by atoms with E-state index in [4.69, 9.17) is 4.74 Å². The molecule has 0 amide bonds. The number of anilines is 2. The molecule has 0 bridgehead atoms. The second-order valence-corrected chi connectivity index (χ2v) is 6.25. The Balaban J connectivity index is 1.63. The van der Waals surface area contributed by atoms with Gasteiger partial charge in [0.25, 0.3) is 0 Å². The topological polar surface area (TPSA) is 34.1 Å². The Hall–Kier alpha value is -3.59. The highest BCUT2D eigenvalue weighted by atomic mass is 16.5. The Labute approximate surface area is 159 Å². The van der Waals surface area contributed by atoms with Crippen molar-refractivity contribution in [1.29, 1.82) is 0 Å². The molecule has 3 heteroatoms. The molecular weight excluding hydrogens is 332 g/mol. The van der Waals surface area contributed by atoms with Gasteiger partial charge < -0.3 is 10.1 Å². The SMILES string of the molecule is c1ccc(COc2cc(Nc3cccnc3)cc(-c3ccccc3)c2)cc1. The van der Waals surface area contributed by atoms with Crippen molar-refractivity contribution in [1.82, 2.24) is 4.98 Å². The van der Waals surface area contributed by atoms with Crippen LogP contribution in [0.4, 0.5) is 11.4 Å². The van der Waals surface area contributed by atoms with Crippen molar-refractivity contribution in [3.8, 4) is 16.9 Å². The van der Waals surface area contributed by atoms with Crippen LogP contribution in [-0.2, 0) is 6.61 Å². The molecule has 3 nitrogen and oxygen atoms in total. The molecule has 0 radical (unpaired) electrons. The smallest absolute Gasteiger partial charge is 0.122 e. The van der Waals surface area contributed by atoms with Crippen LogP contribution in [0.2, 0.25) is 0 Å². The van der Waals surface area contributed by atoms with Crippen molar-refractivity contribution in [3.63, 3.8) is 0 Å². The van der Waals surface area contributed by atoms with E-state index in [1.54, 1.807) is 12.4 Å². The maximum absolute atomic E-state index is 6.08. The second-order valence-electron chi connectivity index (χ2n) is 6.25. The van der Waals surface area contributed by atoms with E-state index in [1.165, 1.54) is 0 Å². The van der Waals surface area contributed by atoms with Gasteiger partial charge in [-0.3, -0.25) is 4.98 Å². The van der Waals surface area contributed by atoms with Crippen molar-refractivity contribution in [2.45, 2.75) is 6.61 Å². The molecule has 0 atom stereocenters. The van der Waals surface area contributed by atoms with Gasteiger partial charge in [-0.25, -0.2) is 0 Å². The molecule has 0 aliphatic carbocycles. The van der Waals surface area contributed by atoms with Crippen LogP contribution < -0.4 is 10.1 Å². The van der Waals surface area contributed by atoms with Crippen LogP contribution in [0.5, 0.6) is 5.75 Å². The Morgan fingerprint density at radius 2 is 1.48 bits per heavy atom. The lowest BCUT2D eigenvalue weighted by Gasteiger charge is -2.13. The van der Waals surface area contributed by atoms with Gasteiger partial charge in [-0.15, -0.1) is 0 Å². The van der Waals surface area contributed by atoms with E-state index in [-0.39, 0.29) is 0 Å². The highest BCUT2D eigenvalue weighted by Gasteiger charge is 2.06. The summed E-state index contributed by atoms with van der Waals surface area (Å²) >= 11 is 0. The maximum Gasteiger partial charge on any atom is 0.122 e. The molecule has 0 saturated heterocycles. The number of pyridine rings is 1. The van der Waals surface area contributed by atoms with Crippen molar-refractivity contribution >= 4 is 11.4 Å². The minimum absolute atomic E-state index is 0.533. The van der Waals surface area contributed by atoms with Gasteiger partial charge in [0.2, 0.25) is 0 Å². The molecule has 0 saturated carbocycles. The van der Waals surface area contributed by atoms with E-state index < -0.39 is 0 Å². The van der Waals surface area contributed by atoms with Gasteiger partial charge in [0, 0.05) is 18.0 Å². The summed E-state index contributed by atoms with van der Waals surface area (Å²) < 4.78 is 6.08. The molecule has 4 aromatic rings. The molecule has 3 aromatic carbocycles. The number of hydrogen-bond acceptors (Lipinski definition) is 3. The Kier molecular flexibility index (Phi) is 5.11. The fraction of sp³-hybridized carbons (Fsp3) is 0.0417. The first-order valence-corrected chi connectivity index (χ1v) is 8.91. The molecule has 0 spiro atoms. The third-order valence-electron chi connectivity index (χ3n) is 4.21. The van der Waals surface area contributed by atoms with E-state index >= 15 is 0 Å². The molecule has 0 unspecified atom stereocenters. The zero-order valence-corrected chi connectivity index (χ0v) is 14.9. The van der Waals surface area contributed by atoms with Crippen LogP contribution in [0, 0.1) is 0 Å². The monoisotopic (exact) mass is 352 g/mol. The first-order valence-electron chi connectivity index (χ1n) is 8.91. The average Bonchev–Trinajstić information content (AvgIpc) is 2.74. The minimum atomic E-state index is 0.533. The summed E-state index contributed by atoms with van der Waals surface area (Å²) in [6, 6.07) is 30.6. The lowest BCUT2D eigenvalue weighted by atomic mass is 10.0. The number of benzene rings is 3. The predicted molar refractivity (Wildman–Crippen MR) is 110 cm³/mol. The third-order valence-corrected chi connectivity index (χ3v) is 4.21. The van der Waals surface area contributed by atoms with Gasteiger partial charge in [-0.2, -0.15) is 0 Å². The van der Waals surface area contributed by atoms with Crippen molar-refractivity contribution in [3.05, 3.63) is 109 Å². The van der Waals surface area contributed by atoms with Gasteiger partial charge in [0.05, 0.1) is 11.9 Å². The normalized spacial score (nSPS) is 10.4. The molecule has 1 heterocycles. The molecular formula is C24H20N2O. The van der Waals surface area contributed by atoms with Gasteiger partial charge in [0.1, 0.15) is 12.4 Å². The minimum Gasteiger partial charge on any atom is -0.489 e. The quantitative estimate of drug-likeness (QED) is 0.457. The van der Waals surface area contributed by atoms with Crippen molar-refractivity contribution < 1.29 is 4.74 Å². The second kappa shape index (κ2) is 8.19. The fourth-order valence-corrected chi connectivity index (χ4v) is 2.90. The Bertz CT molecular complexity index is 987. The lowest BCUT2D eigenvalue weighted by Crippen LogP contribution is -1.97. The number of rotatable bonds is 6. The van der Waals surface area contributed by atoms with E-state index in [2.05, 4.69) is 46.7 Å². The molecule has 1 N–H and O–H groups in total. The molecule has 0 aliphatic heterocycles. The maximum atomic E-state index is 6.08. The zero-order chi connectivity index (χ0) is 18.3. The van der Waals surface area contributed by atoms with Gasteiger partial charge in [0.15, 0.2) is 0 Å². The van der Waals surface area contributed by atoms with Crippen LogP contribution in [0.3, 0.4) is 0 Å². The van der Waals surface area contributed by atoms with E-state index in [0.29, 0.717) is 6.61 Å². The van der Waals surface area contributed by atoms with Crippen LogP contribution >= 0.6 is 0 Å². The van der Waals surface area contributed by atoms with Crippen LogP contribution in [-0.4, -0.2) is 4.98 Å². The number of nitrogens with one attached hydrogen (secondary N) is 1. The van der Waals surface area contributed by atoms with E-state index in [0.717, 1.165) is 33.8 Å². The summed E-state index contributed by atoms with van der Waals surface area (Å²) in [6.07, 6.45) is 3.57. The summed E-state index contributed by atoms with van der Waals surface area (Å²) in [5.41, 5.74) is 5.30. The summed E-state index contributed by atoms with van der Waals surface area (Å²) in [5, 5.41) is 3.41. The highest BCUT2D eigenvalue weighted by molar-refractivity contribution is 5.73. The van der Waals surface area contributed by atoms with Crippen LogP contribution in [0.1, 0.15) is 5.56 Å². The fourth-order valence-electron chi connectivity index (χ4n) is 2.90. The summed E-state index contributed by atoms with van der Waals surface area (Å²) in [4.78, 5) is 4.17. The largest absolute Gasteiger partial charge is 0.489 e. The number of nitrogens with zero attached hydrogens (tertiary/aromatic N) is 1. The highest BCUT2D eigenvalue weighted by Crippen LogP contribution is 2.30. The molecule has 27 heavy (non-hydrogen) atoms. The zero-order valence-electron chi connectivity index (χ0n) is 14.9. The Morgan fingerprint density at radius 3 is 2.22 bits per heavy atom. The van der Waals surface area contributed by atoms with Crippen molar-refractivity contribution in [2.75, 3.05) is 5.32 Å². The summed E-state index contributed by atoms with van der Waals surface area (Å²) in [7, 11) is 0. The molecule has 132 valence electrons. The van der Waals surface area contributed by atoms with Crippen LogP contribution in [0.25, 0.3) is 11.1 Å². The van der Waals surface area contributed by atoms with Gasteiger partial charge >= 0.3 is 0 Å². The summed E-state index contributed by atoms with van der Waals surface area (Å²) in [6.45, 7) is 0.533. The Morgan fingerprint density at radius 1 is 0.704 bits per heavy atom. The van der Waals surface area contributed by atoms with Crippen molar-refractivity contribution in [2.24, 2.45) is 0 Å². The van der Waals surface area contributed by atoms with Crippen LogP contribution in [0.15, 0.2) is 103 Å². The number of ether oxygens (including phenoxy) is 1. The lowest BCUT2D eigenvalue weighted by molar-refractivity contribution is 0.306. The van der Waals surface area contributed by atoms with E-state index in [9.17, 15) is 0 Å². The molecule has 1 aromatic heterocycles. The van der Waals surface area contributed by atoms with E-state index in [1.807, 2.05) is 54.6 Å². The average molecular weight is 352 g/mol.